The van der Waals surface area contributed by atoms with E-state index < -0.39 is 7.60 Å². The SMILES string of the molecule is C=CCOP(=O)(CC)Oc1ccccc1. The fourth-order valence-electron chi connectivity index (χ4n) is 0.990. The lowest BCUT2D eigenvalue weighted by Gasteiger charge is -2.16. The summed E-state index contributed by atoms with van der Waals surface area (Å²) < 4.78 is 22.5. The monoisotopic (exact) mass is 226 g/mol. The molecule has 0 heterocycles. The number of hydrogen-bond donors (Lipinski definition) is 0. The summed E-state index contributed by atoms with van der Waals surface area (Å²) in [6.45, 7) is 5.51. The minimum absolute atomic E-state index is 0.234. The zero-order valence-electron chi connectivity index (χ0n) is 8.76. The van der Waals surface area contributed by atoms with Crippen LogP contribution in [-0.2, 0) is 9.09 Å². The second-order valence-corrected chi connectivity index (χ2v) is 5.21. The van der Waals surface area contributed by atoms with Gasteiger partial charge in [0.15, 0.2) is 0 Å². The lowest BCUT2D eigenvalue weighted by molar-refractivity contribution is 0.294. The van der Waals surface area contributed by atoms with Gasteiger partial charge in [0.05, 0.1) is 12.8 Å². The van der Waals surface area contributed by atoms with Gasteiger partial charge in [-0.15, -0.1) is 6.58 Å². The van der Waals surface area contributed by atoms with E-state index in [1.54, 1.807) is 25.1 Å². The molecular formula is C11H15O3P. The molecule has 0 spiro atoms. The molecule has 82 valence electrons. The number of benzene rings is 1. The van der Waals surface area contributed by atoms with Crippen molar-refractivity contribution in [2.75, 3.05) is 12.8 Å². The summed E-state index contributed by atoms with van der Waals surface area (Å²) in [5.74, 6) is 0.562. The van der Waals surface area contributed by atoms with E-state index in [2.05, 4.69) is 6.58 Å². The Balaban J connectivity index is 2.68. The van der Waals surface area contributed by atoms with Crippen LogP contribution in [0, 0.1) is 0 Å². The lowest BCUT2D eigenvalue weighted by atomic mass is 10.3. The van der Waals surface area contributed by atoms with Gasteiger partial charge in [0.2, 0.25) is 0 Å². The third kappa shape index (κ3) is 3.90. The molecule has 0 N–H and O–H groups in total. The average Bonchev–Trinajstić information content (AvgIpc) is 2.28. The first-order valence-electron chi connectivity index (χ1n) is 4.79. The van der Waals surface area contributed by atoms with E-state index in [4.69, 9.17) is 9.05 Å². The van der Waals surface area contributed by atoms with E-state index in [0.29, 0.717) is 11.9 Å². The molecule has 0 aliphatic rings. The van der Waals surface area contributed by atoms with Gasteiger partial charge in [0, 0.05) is 0 Å². The van der Waals surface area contributed by atoms with E-state index in [1.807, 2.05) is 18.2 Å². The van der Waals surface area contributed by atoms with Gasteiger partial charge in [-0.05, 0) is 12.1 Å². The van der Waals surface area contributed by atoms with E-state index in [9.17, 15) is 4.57 Å². The second-order valence-electron chi connectivity index (χ2n) is 2.92. The van der Waals surface area contributed by atoms with Crippen LogP contribution in [0.3, 0.4) is 0 Å². The summed E-state index contributed by atoms with van der Waals surface area (Å²) in [5.41, 5.74) is 0. The van der Waals surface area contributed by atoms with E-state index >= 15 is 0 Å². The molecule has 0 aliphatic heterocycles. The van der Waals surface area contributed by atoms with Crippen molar-refractivity contribution in [3.8, 4) is 5.75 Å². The van der Waals surface area contributed by atoms with Crippen LogP contribution in [0.25, 0.3) is 0 Å². The van der Waals surface area contributed by atoms with Crippen molar-refractivity contribution in [2.24, 2.45) is 0 Å². The zero-order chi connectivity index (χ0) is 11.1. The molecule has 1 aromatic rings. The highest BCUT2D eigenvalue weighted by Gasteiger charge is 2.22. The first-order chi connectivity index (χ1) is 7.20. The number of rotatable bonds is 6. The van der Waals surface area contributed by atoms with E-state index in [0.717, 1.165) is 0 Å². The van der Waals surface area contributed by atoms with Crippen molar-refractivity contribution in [2.45, 2.75) is 6.92 Å². The quantitative estimate of drug-likeness (QED) is 0.550. The molecule has 0 fully saturated rings. The first-order valence-corrected chi connectivity index (χ1v) is 6.52. The van der Waals surface area contributed by atoms with Crippen molar-refractivity contribution in [1.29, 1.82) is 0 Å². The standard InChI is InChI=1S/C11H15O3P/c1-3-10-13-15(12,4-2)14-11-8-6-5-7-9-11/h3,5-9H,1,4,10H2,2H3. The second kappa shape index (κ2) is 5.74. The number of para-hydroxylation sites is 1. The molecule has 1 aromatic carbocycles. The molecule has 1 atom stereocenters. The van der Waals surface area contributed by atoms with E-state index in [1.165, 1.54) is 0 Å². The third-order valence-corrected chi connectivity index (χ3v) is 3.57. The van der Waals surface area contributed by atoms with Gasteiger partial charge in [-0.1, -0.05) is 31.2 Å². The van der Waals surface area contributed by atoms with Crippen molar-refractivity contribution >= 4 is 7.60 Å². The summed E-state index contributed by atoms with van der Waals surface area (Å²) in [7, 11) is -3.01. The Morgan fingerprint density at radius 1 is 1.40 bits per heavy atom. The van der Waals surface area contributed by atoms with Crippen molar-refractivity contribution in [1.82, 2.24) is 0 Å². The molecule has 1 rings (SSSR count). The Bertz CT molecular complexity index is 348. The van der Waals surface area contributed by atoms with Crippen molar-refractivity contribution in [3.05, 3.63) is 43.0 Å². The molecule has 0 saturated carbocycles. The van der Waals surface area contributed by atoms with Gasteiger partial charge < -0.3 is 4.52 Å². The van der Waals surface area contributed by atoms with Crippen LogP contribution >= 0.6 is 7.60 Å². The summed E-state index contributed by atoms with van der Waals surface area (Å²) >= 11 is 0. The molecule has 0 radical (unpaired) electrons. The van der Waals surface area contributed by atoms with Gasteiger partial charge in [-0.2, -0.15) is 0 Å². The van der Waals surface area contributed by atoms with Crippen LogP contribution in [-0.4, -0.2) is 12.8 Å². The van der Waals surface area contributed by atoms with Crippen LogP contribution in [0.1, 0.15) is 6.92 Å². The maximum absolute atomic E-state index is 12.0. The molecular weight excluding hydrogens is 211 g/mol. The molecule has 1 unspecified atom stereocenters. The van der Waals surface area contributed by atoms with Gasteiger partial charge in [-0.3, -0.25) is 4.52 Å². The van der Waals surface area contributed by atoms with Gasteiger partial charge in [0.1, 0.15) is 5.75 Å². The summed E-state index contributed by atoms with van der Waals surface area (Å²) in [6.07, 6.45) is 1.90. The third-order valence-electron chi connectivity index (χ3n) is 1.76. The highest BCUT2D eigenvalue weighted by atomic mass is 31.2. The topological polar surface area (TPSA) is 35.5 Å². The van der Waals surface area contributed by atoms with Crippen LogP contribution in [0.5, 0.6) is 5.75 Å². The van der Waals surface area contributed by atoms with Crippen LogP contribution < -0.4 is 4.52 Å². The van der Waals surface area contributed by atoms with Crippen molar-refractivity contribution < 1.29 is 13.6 Å². The normalized spacial score (nSPS) is 14.2. The zero-order valence-corrected chi connectivity index (χ0v) is 9.65. The summed E-state index contributed by atoms with van der Waals surface area (Å²) in [4.78, 5) is 0. The largest absolute Gasteiger partial charge is 0.424 e. The van der Waals surface area contributed by atoms with Gasteiger partial charge in [-0.25, -0.2) is 4.57 Å². The summed E-state index contributed by atoms with van der Waals surface area (Å²) in [5, 5.41) is 0. The predicted octanol–water partition coefficient (Wildman–Crippen LogP) is 3.48. The smallest absolute Gasteiger partial charge is 0.379 e. The predicted molar refractivity (Wildman–Crippen MR) is 61.4 cm³/mol. The van der Waals surface area contributed by atoms with E-state index in [-0.39, 0.29) is 6.61 Å². The van der Waals surface area contributed by atoms with Crippen LogP contribution in [0.2, 0.25) is 0 Å². The molecule has 3 nitrogen and oxygen atoms in total. The Morgan fingerprint density at radius 3 is 2.60 bits per heavy atom. The van der Waals surface area contributed by atoms with Crippen molar-refractivity contribution in [3.63, 3.8) is 0 Å². The van der Waals surface area contributed by atoms with Gasteiger partial charge >= 0.3 is 7.60 Å². The Labute approximate surface area is 90.3 Å². The lowest BCUT2D eigenvalue weighted by Crippen LogP contribution is -2.00. The maximum atomic E-state index is 12.0. The molecule has 4 heteroatoms. The molecule has 0 amide bonds. The molecule has 15 heavy (non-hydrogen) atoms. The minimum atomic E-state index is -3.01. The van der Waals surface area contributed by atoms with Crippen LogP contribution in [0.15, 0.2) is 43.0 Å². The van der Waals surface area contributed by atoms with Gasteiger partial charge in [0.25, 0.3) is 0 Å². The minimum Gasteiger partial charge on any atom is -0.424 e. The Hall–Kier alpha value is -1.05. The fourth-order valence-corrected chi connectivity index (χ4v) is 2.13. The fraction of sp³-hybridized carbons (Fsp3) is 0.273. The summed E-state index contributed by atoms with van der Waals surface area (Å²) in [6, 6.07) is 9.01. The Kier molecular flexibility index (Phi) is 4.60. The molecule has 0 aromatic heterocycles. The number of hydrogen-bond acceptors (Lipinski definition) is 3. The molecule has 0 saturated heterocycles. The average molecular weight is 226 g/mol. The molecule has 0 aliphatic carbocycles. The highest BCUT2D eigenvalue weighted by molar-refractivity contribution is 7.54. The van der Waals surface area contributed by atoms with Crippen LogP contribution in [0.4, 0.5) is 0 Å². The first kappa shape index (κ1) is 12.0. The highest BCUT2D eigenvalue weighted by Crippen LogP contribution is 2.47. The Morgan fingerprint density at radius 2 is 2.07 bits per heavy atom. The maximum Gasteiger partial charge on any atom is 0.379 e. The molecule has 0 bridgehead atoms.